The number of aryl methyl sites for hydroxylation is 1. The van der Waals surface area contributed by atoms with Crippen molar-refractivity contribution in [3.8, 4) is 0 Å². The number of aromatic nitrogens is 2. The Hall–Kier alpha value is -1.39. The first-order valence-electron chi connectivity index (χ1n) is 5.76. The number of aromatic amines is 1. The van der Waals surface area contributed by atoms with Crippen LogP contribution in [0, 0.1) is 4.64 Å². The average molecular weight is 280 g/mol. The molecular formula is C13H14ClN3S. The molecule has 0 aliphatic carbocycles. The molecule has 1 heterocycles. The number of hydrogen-bond acceptors (Lipinski definition) is 3. The van der Waals surface area contributed by atoms with Gasteiger partial charge in [-0.15, -0.1) is 0 Å². The number of nitrogens with one attached hydrogen (secondary N) is 2. The lowest BCUT2D eigenvalue weighted by atomic mass is 10.2. The molecule has 0 unspecified atom stereocenters. The number of halogens is 1. The first kappa shape index (κ1) is 13.1. The standard InChI is InChI=1S/C13H14ClN3S/c1-2-11-16-12(7-13(18)17-11)15-8-9-3-5-10(14)6-4-9/h3-7H,2,8H2,1H3,(H2,15,16,17,18). The minimum absolute atomic E-state index is 0.601. The minimum Gasteiger partial charge on any atom is -0.367 e. The molecule has 18 heavy (non-hydrogen) atoms. The molecule has 2 N–H and O–H groups in total. The largest absolute Gasteiger partial charge is 0.367 e. The van der Waals surface area contributed by atoms with Crippen molar-refractivity contribution in [3.05, 3.63) is 51.4 Å². The van der Waals surface area contributed by atoms with E-state index in [1.807, 2.05) is 37.3 Å². The second-order valence-electron chi connectivity index (χ2n) is 3.91. The highest BCUT2D eigenvalue weighted by atomic mass is 35.5. The fourth-order valence-corrected chi connectivity index (χ4v) is 1.92. The van der Waals surface area contributed by atoms with Gasteiger partial charge >= 0.3 is 0 Å². The van der Waals surface area contributed by atoms with E-state index in [0.29, 0.717) is 4.64 Å². The van der Waals surface area contributed by atoms with Crippen LogP contribution in [0.1, 0.15) is 18.3 Å². The van der Waals surface area contributed by atoms with Crippen LogP contribution in [0.3, 0.4) is 0 Å². The molecule has 0 atom stereocenters. The molecule has 94 valence electrons. The molecule has 0 amide bonds. The third-order valence-electron chi connectivity index (χ3n) is 2.52. The van der Waals surface area contributed by atoms with E-state index in [1.165, 1.54) is 0 Å². The van der Waals surface area contributed by atoms with Crippen LogP contribution < -0.4 is 5.32 Å². The number of nitrogens with zero attached hydrogens (tertiary/aromatic N) is 1. The van der Waals surface area contributed by atoms with Crippen molar-refractivity contribution in [2.75, 3.05) is 5.32 Å². The van der Waals surface area contributed by atoms with Crippen molar-refractivity contribution in [2.45, 2.75) is 19.9 Å². The van der Waals surface area contributed by atoms with Gasteiger partial charge in [-0.3, -0.25) is 0 Å². The summed E-state index contributed by atoms with van der Waals surface area (Å²) in [5.74, 6) is 1.78. The van der Waals surface area contributed by atoms with Crippen LogP contribution in [0.4, 0.5) is 5.82 Å². The molecule has 0 aliphatic rings. The molecule has 0 aliphatic heterocycles. The van der Waals surface area contributed by atoms with Crippen LogP contribution in [-0.2, 0) is 13.0 Å². The van der Waals surface area contributed by atoms with E-state index in [0.717, 1.165) is 35.2 Å². The summed E-state index contributed by atoms with van der Waals surface area (Å²) in [4.78, 5) is 7.42. The van der Waals surface area contributed by atoms with Gasteiger partial charge in [-0.25, -0.2) is 4.98 Å². The van der Waals surface area contributed by atoms with Crippen molar-refractivity contribution >= 4 is 29.6 Å². The summed E-state index contributed by atoms with van der Waals surface area (Å²) in [6.07, 6.45) is 0.833. The number of H-pyrrole nitrogens is 1. The third kappa shape index (κ3) is 3.55. The first-order valence-corrected chi connectivity index (χ1v) is 6.54. The van der Waals surface area contributed by atoms with Gasteiger partial charge in [0.2, 0.25) is 0 Å². The summed E-state index contributed by atoms with van der Waals surface area (Å²) in [5, 5.41) is 4.04. The molecule has 0 fully saturated rings. The van der Waals surface area contributed by atoms with Gasteiger partial charge in [0.15, 0.2) is 0 Å². The van der Waals surface area contributed by atoms with E-state index >= 15 is 0 Å². The van der Waals surface area contributed by atoms with Crippen LogP contribution in [0.5, 0.6) is 0 Å². The average Bonchev–Trinajstić information content (AvgIpc) is 2.37. The zero-order valence-corrected chi connectivity index (χ0v) is 11.6. The normalized spacial score (nSPS) is 10.3. The van der Waals surface area contributed by atoms with Gasteiger partial charge in [0, 0.05) is 24.1 Å². The van der Waals surface area contributed by atoms with Crippen molar-refractivity contribution in [3.63, 3.8) is 0 Å². The summed E-state index contributed by atoms with van der Waals surface area (Å²) in [6, 6.07) is 9.57. The summed E-state index contributed by atoms with van der Waals surface area (Å²) in [6.45, 7) is 2.76. The predicted molar refractivity (Wildman–Crippen MR) is 77.6 cm³/mol. The van der Waals surface area contributed by atoms with Crippen LogP contribution >= 0.6 is 23.8 Å². The van der Waals surface area contributed by atoms with Gasteiger partial charge in [-0.1, -0.05) is 42.9 Å². The van der Waals surface area contributed by atoms with Gasteiger partial charge in [-0.2, -0.15) is 0 Å². The van der Waals surface area contributed by atoms with Gasteiger partial charge in [0.05, 0.1) is 0 Å². The summed E-state index contributed by atoms with van der Waals surface area (Å²) >= 11 is 11.0. The van der Waals surface area contributed by atoms with E-state index < -0.39 is 0 Å². The Morgan fingerprint density at radius 3 is 2.72 bits per heavy atom. The van der Waals surface area contributed by atoms with Crippen molar-refractivity contribution in [1.82, 2.24) is 9.97 Å². The Labute approximate surface area is 116 Å². The van der Waals surface area contributed by atoms with E-state index in [4.69, 9.17) is 23.8 Å². The van der Waals surface area contributed by atoms with Gasteiger partial charge < -0.3 is 10.3 Å². The fourth-order valence-electron chi connectivity index (χ4n) is 1.57. The zero-order chi connectivity index (χ0) is 13.0. The molecule has 2 rings (SSSR count). The quantitative estimate of drug-likeness (QED) is 0.832. The summed E-state index contributed by atoms with van der Waals surface area (Å²) < 4.78 is 0.601. The monoisotopic (exact) mass is 279 g/mol. The SMILES string of the molecule is CCc1nc(=S)cc(NCc2ccc(Cl)cc2)[nH]1. The van der Waals surface area contributed by atoms with Crippen molar-refractivity contribution in [2.24, 2.45) is 0 Å². The Morgan fingerprint density at radius 1 is 1.33 bits per heavy atom. The maximum atomic E-state index is 5.84. The molecule has 0 spiro atoms. The number of hydrogen-bond donors (Lipinski definition) is 2. The third-order valence-corrected chi connectivity index (χ3v) is 2.98. The van der Waals surface area contributed by atoms with Gasteiger partial charge in [0.25, 0.3) is 0 Å². The van der Waals surface area contributed by atoms with Crippen LogP contribution in [0.15, 0.2) is 30.3 Å². The number of benzene rings is 1. The lowest BCUT2D eigenvalue weighted by Gasteiger charge is -2.08. The maximum Gasteiger partial charge on any atom is 0.131 e. The molecule has 1 aromatic carbocycles. The first-order chi connectivity index (χ1) is 8.67. The number of rotatable bonds is 4. The van der Waals surface area contributed by atoms with E-state index in [2.05, 4.69) is 15.3 Å². The molecule has 0 saturated heterocycles. The lowest BCUT2D eigenvalue weighted by Crippen LogP contribution is -2.04. The van der Waals surface area contributed by atoms with Gasteiger partial charge in [-0.05, 0) is 17.7 Å². The fraction of sp³-hybridized carbons (Fsp3) is 0.231. The molecule has 0 radical (unpaired) electrons. The summed E-state index contributed by atoms with van der Waals surface area (Å²) in [5.41, 5.74) is 1.16. The van der Waals surface area contributed by atoms with E-state index in [1.54, 1.807) is 0 Å². The Bertz CT molecular complexity index is 578. The predicted octanol–water partition coefficient (Wildman–Crippen LogP) is 3.97. The molecule has 3 nitrogen and oxygen atoms in total. The smallest absolute Gasteiger partial charge is 0.131 e. The second-order valence-corrected chi connectivity index (χ2v) is 4.77. The number of anilines is 1. The minimum atomic E-state index is 0.601. The second kappa shape index (κ2) is 5.98. The highest BCUT2D eigenvalue weighted by Gasteiger charge is 1.98. The Morgan fingerprint density at radius 2 is 2.06 bits per heavy atom. The Balaban J connectivity index is 2.08. The highest BCUT2D eigenvalue weighted by molar-refractivity contribution is 7.71. The van der Waals surface area contributed by atoms with Crippen LogP contribution in [0.2, 0.25) is 5.02 Å². The lowest BCUT2D eigenvalue weighted by molar-refractivity contribution is 0.926. The van der Waals surface area contributed by atoms with Crippen molar-refractivity contribution < 1.29 is 0 Å². The molecule has 0 saturated carbocycles. The Kier molecular flexibility index (Phi) is 4.33. The molecular weight excluding hydrogens is 266 g/mol. The molecule has 2 aromatic rings. The van der Waals surface area contributed by atoms with Gasteiger partial charge in [0.1, 0.15) is 16.3 Å². The van der Waals surface area contributed by atoms with Crippen LogP contribution in [-0.4, -0.2) is 9.97 Å². The van der Waals surface area contributed by atoms with E-state index in [-0.39, 0.29) is 0 Å². The highest BCUT2D eigenvalue weighted by Crippen LogP contribution is 2.11. The summed E-state index contributed by atoms with van der Waals surface area (Å²) in [7, 11) is 0. The van der Waals surface area contributed by atoms with E-state index in [9.17, 15) is 0 Å². The topological polar surface area (TPSA) is 40.7 Å². The van der Waals surface area contributed by atoms with Crippen molar-refractivity contribution in [1.29, 1.82) is 0 Å². The molecule has 0 bridgehead atoms. The van der Waals surface area contributed by atoms with Crippen LogP contribution in [0.25, 0.3) is 0 Å². The molecule has 1 aromatic heterocycles. The zero-order valence-electron chi connectivity index (χ0n) is 10.0. The maximum absolute atomic E-state index is 5.84. The molecule has 5 heteroatoms.